The molecule has 72 valence electrons. The van der Waals surface area contributed by atoms with Crippen LogP contribution in [-0.4, -0.2) is 21.3 Å². The van der Waals surface area contributed by atoms with E-state index in [2.05, 4.69) is 10.2 Å². The number of benzene rings is 1. The number of nitrogens with one attached hydrogen (secondary N) is 1. The Labute approximate surface area is 80.6 Å². The lowest BCUT2D eigenvalue weighted by atomic mass is 10.0. The van der Waals surface area contributed by atoms with Gasteiger partial charge in [-0.3, -0.25) is 9.89 Å². The van der Waals surface area contributed by atoms with Gasteiger partial charge >= 0.3 is 5.97 Å². The predicted octanol–water partition coefficient (Wildman–Crippen LogP) is 1.75. The summed E-state index contributed by atoms with van der Waals surface area (Å²) in [5, 5.41) is 16.5. The molecule has 0 saturated heterocycles. The highest BCUT2D eigenvalue weighted by molar-refractivity contribution is 5.82. The normalized spacial score (nSPS) is 12.9. The van der Waals surface area contributed by atoms with Gasteiger partial charge in [-0.05, 0) is 24.6 Å². The predicted molar refractivity (Wildman–Crippen MR) is 52.1 cm³/mol. The van der Waals surface area contributed by atoms with Crippen LogP contribution >= 0.6 is 0 Å². The maximum atomic E-state index is 10.8. The smallest absolute Gasteiger partial charge is 0.310 e. The van der Waals surface area contributed by atoms with E-state index in [9.17, 15) is 4.79 Å². The first kappa shape index (κ1) is 8.74. The molecule has 4 heteroatoms. The highest BCUT2D eigenvalue weighted by atomic mass is 16.4. The lowest BCUT2D eigenvalue weighted by Crippen LogP contribution is -2.06. The second-order valence-corrected chi connectivity index (χ2v) is 3.28. The summed E-state index contributed by atoms with van der Waals surface area (Å²) in [6.07, 6.45) is 1.69. The maximum absolute atomic E-state index is 10.8. The van der Waals surface area contributed by atoms with Gasteiger partial charge in [0.2, 0.25) is 0 Å². The molecule has 1 atom stereocenters. The van der Waals surface area contributed by atoms with Gasteiger partial charge in [0, 0.05) is 5.39 Å². The molecule has 2 N–H and O–H groups in total. The second-order valence-electron chi connectivity index (χ2n) is 3.28. The third-order valence-electron chi connectivity index (χ3n) is 2.33. The van der Waals surface area contributed by atoms with E-state index in [0.29, 0.717) is 0 Å². The Morgan fingerprint density at radius 2 is 2.36 bits per heavy atom. The van der Waals surface area contributed by atoms with E-state index in [4.69, 9.17) is 5.11 Å². The Balaban J connectivity index is 2.48. The van der Waals surface area contributed by atoms with Crippen LogP contribution < -0.4 is 0 Å². The highest BCUT2D eigenvalue weighted by Gasteiger charge is 2.13. The number of carboxylic acids is 1. The monoisotopic (exact) mass is 190 g/mol. The SMILES string of the molecule is C[C@@H](C(=O)O)c1ccc2[nH]ncc2c1. The molecule has 2 rings (SSSR count). The fourth-order valence-electron chi connectivity index (χ4n) is 1.37. The van der Waals surface area contributed by atoms with Gasteiger partial charge in [0.15, 0.2) is 0 Å². The van der Waals surface area contributed by atoms with E-state index in [-0.39, 0.29) is 0 Å². The molecule has 0 spiro atoms. The van der Waals surface area contributed by atoms with E-state index in [1.165, 1.54) is 0 Å². The summed E-state index contributed by atoms with van der Waals surface area (Å²) in [7, 11) is 0. The Kier molecular flexibility index (Phi) is 1.96. The van der Waals surface area contributed by atoms with Gasteiger partial charge in [0.25, 0.3) is 0 Å². The topological polar surface area (TPSA) is 66.0 Å². The lowest BCUT2D eigenvalue weighted by molar-refractivity contribution is -0.138. The average molecular weight is 190 g/mol. The molecular formula is C10H10N2O2. The van der Waals surface area contributed by atoms with Gasteiger partial charge < -0.3 is 5.11 Å². The summed E-state index contributed by atoms with van der Waals surface area (Å²) < 4.78 is 0. The third-order valence-corrected chi connectivity index (χ3v) is 2.33. The maximum Gasteiger partial charge on any atom is 0.310 e. The number of carboxylic acid groups (broad SMARTS) is 1. The van der Waals surface area contributed by atoms with Crippen LogP contribution in [0.15, 0.2) is 24.4 Å². The molecule has 0 amide bonds. The van der Waals surface area contributed by atoms with Crippen LogP contribution in [0.3, 0.4) is 0 Å². The fraction of sp³-hybridized carbons (Fsp3) is 0.200. The van der Waals surface area contributed by atoms with Crippen molar-refractivity contribution in [1.29, 1.82) is 0 Å². The minimum absolute atomic E-state index is 0.478. The molecule has 14 heavy (non-hydrogen) atoms. The standard InChI is InChI=1S/C10H10N2O2/c1-6(10(13)14)7-2-3-9-8(4-7)5-11-12-9/h2-6H,1H3,(H,11,12)(H,13,14)/t6-/m1/s1. The van der Waals surface area contributed by atoms with Gasteiger partial charge in [0.05, 0.1) is 17.6 Å². The number of nitrogens with zero attached hydrogens (tertiary/aromatic N) is 1. The molecule has 2 aromatic rings. The minimum atomic E-state index is -0.812. The third kappa shape index (κ3) is 1.35. The summed E-state index contributed by atoms with van der Waals surface area (Å²) >= 11 is 0. The number of carbonyl (C=O) groups is 1. The van der Waals surface area contributed by atoms with Crippen molar-refractivity contribution in [3.05, 3.63) is 30.0 Å². The largest absolute Gasteiger partial charge is 0.481 e. The zero-order valence-electron chi connectivity index (χ0n) is 7.69. The zero-order chi connectivity index (χ0) is 10.1. The molecule has 0 aliphatic rings. The number of aromatic nitrogens is 2. The van der Waals surface area contributed by atoms with E-state index in [1.54, 1.807) is 19.2 Å². The number of aromatic amines is 1. The van der Waals surface area contributed by atoms with E-state index in [0.717, 1.165) is 16.5 Å². The summed E-state index contributed by atoms with van der Waals surface area (Å²) in [6, 6.07) is 5.49. The summed E-state index contributed by atoms with van der Waals surface area (Å²) in [6.45, 7) is 1.67. The van der Waals surface area contributed by atoms with Crippen LogP contribution in [0.1, 0.15) is 18.4 Å². The molecule has 0 bridgehead atoms. The Hall–Kier alpha value is -1.84. The first-order valence-electron chi connectivity index (χ1n) is 4.34. The van der Waals surface area contributed by atoms with Crippen molar-refractivity contribution in [2.45, 2.75) is 12.8 Å². The molecule has 4 nitrogen and oxygen atoms in total. The zero-order valence-corrected chi connectivity index (χ0v) is 7.69. The lowest BCUT2D eigenvalue weighted by Gasteiger charge is -2.05. The van der Waals surface area contributed by atoms with Crippen LogP contribution in [0.5, 0.6) is 0 Å². The highest BCUT2D eigenvalue weighted by Crippen LogP contribution is 2.20. The Morgan fingerprint density at radius 1 is 1.57 bits per heavy atom. The van der Waals surface area contributed by atoms with Crippen LogP contribution in [-0.2, 0) is 4.79 Å². The number of rotatable bonds is 2. The van der Waals surface area contributed by atoms with Crippen molar-refractivity contribution < 1.29 is 9.90 Å². The van der Waals surface area contributed by atoms with Gasteiger partial charge in [-0.2, -0.15) is 5.10 Å². The molecule has 0 aliphatic heterocycles. The molecule has 1 aromatic carbocycles. The van der Waals surface area contributed by atoms with Crippen molar-refractivity contribution in [3.8, 4) is 0 Å². The molecule has 1 aromatic heterocycles. The number of hydrogen-bond donors (Lipinski definition) is 2. The van der Waals surface area contributed by atoms with Crippen molar-refractivity contribution >= 4 is 16.9 Å². The number of aliphatic carboxylic acids is 1. The summed E-state index contributed by atoms with van der Waals surface area (Å²) in [4.78, 5) is 10.8. The van der Waals surface area contributed by atoms with Crippen LogP contribution in [0.25, 0.3) is 10.9 Å². The Bertz CT molecular complexity index is 476. The molecule has 1 heterocycles. The molecule has 0 unspecified atom stereocenters. The van der Waals surface area contributed by atoms with Gasteiger partial charge in [-0.1, -0.05) is 6.07 Å². The Morgan fingerprint density at radius 3 is 3.07 bits per heavy atom. The molecule has 0 aliphatic carbocycles. The second kappa shape index (κ2) is 3.14. The van der Waals surface area contributed by atoms with Crippen molar-refractivity contribution in [2.75, 3.05) is 0 Å². The van der Waals surface area contributed by atoms with E-state index < -0.39 is 11.9 Å². The van der Waals surface area contributed by atoms with Gasteiger partial charge in [0.1, 0.15) is 0 Å². The van der Waals surface area contributed by atoms with Crippen molar-refractivity contribution in [2.24, 2.45) is 0 Å². The van der Waals surface area contributed by atoms with Crippen LogP contribution in [0.4, 0.5) is 0 Å². The van der Waals surface area contributed by atoms with Crippen molar-refractivity contribution in [1.82, 2.24) is 10.2 Å². The van der Waals surface area contributed by atoms with E-state index in [1.807, 2.05) is 12.1 Å². The van der Waals surface area contributed by atoms with Gasteiger partial charge in [-0.15, -0.1) is 0 Å². The quantitative estimate of drug-likeness (QED) is 0.758. The number of hydrogen-bond acceptors (Lipinski definition) is 2. The summed E-state index contributed by atoms with van der Waals surface area (Å²) in [5.74, 6) is -1.29. The fourth-order valence-corrected chi connectivity index (χ4v) is 1.37. The molecule has 0 fully saturated rings. The van der Waals surface area contributed by atoms with E-state index >= 15 is 0 Å². The van der Waals surface area contributed by atoms with Crippen LogP contribution in [0.2, 0.25) is 0 Å². The number of fused-ring (bicyclic) bond motifs is 1. The first-order chi connectivity index (χ1) is 6.68. The minimum Gasteiger partial charge on any atom is -0.481 e. The average Bonchev–Trinajstić information content (AvgIpc) is 2.62. The van der Waals surface area contributed by atoms with Gasteiger partial charge in [-0.25, -0.2) is 0 Å². The molecular weight excluding hydrogens is 180 g/mol. The van der Waals surface area contributed by atoms with Crippen LogP contribution in [0, 0.1) is 0 Å². The first-order valence-corrected chi connectivity index (χ1v) is 4.34. The van der Waals surface area contributed by atoms with Crippen molar-refractivity contribution in [3.63, 3.8) is 0 Å². The summed E-state index contributed by atoms with van der Waals surface area (Å²) in [5.41, 5.74) is 1.72. The molecule has 0 saturated carbocycles. The number of H-pyrrole nitrogens is 1. The molecule has 0 radical (unpaired) electrons.